The summed E-state index contributed by atoms with van der Waals surface area (Å²) in [5.74, 6) is -0.387. The van der Waals surface area contributed by atoms with E-state index in [1.807, 2.05) is 30.3 Å². The smallest absolute Gasteiger partial charge is 0.246 e. The van der Waals surface area contributed by atoms with E-state index in [9.17, 15) is 9.18 Å². The third kappa shape index (κ3) is 4.01. The molecule has 0 unspecified atom stereocenters. The van der Waals surface area contributed by atoms with Gasteiger partial charge in [-0.15, -0.1) is 0 Å². The molecular formula is C20H22FNO2. The van der Waals surface area contributed by atoms with Gasteiger partial charge in [0.25, 0.3) is 0 Å². The third-order valence-corrected chi connectivity index (χ3v) is 4.58. The standard InChI is InChI=1S/C20H22FNO2/c21-18-10-8-17(9-11-18)20(12-4-5-13-20)22-19(23)15-24-14-16-6-2-1-3-7-16/h1-3,6-11H,4-5,12-15H2,(H,22,23). The first-order valence-corrected chi connectivity index (χ1v) is 8.37. The van der Waals surface area contributed by atoms with Crippen molar-refractivity contribution in [2.75, 3.05) is 6.61 Å². The summed E-state index contributed by atoms with van der Waals surface area (Å²) in [5.41, 5.74) is 1.62. The lowest BCUT2D eigenvalue weighted by Gasteiger charge is -2.31. The average Bonchev–Trinajstić information content (AvgIpc) is 3.06. The molecule has 0 spiro atoms. The first-order valence-electron chi connectivity index (χ1n) is 8.37. The van der Waals surface area contributed by atoms with E-state index in [0.717, 1.165) is 36.8 Å². The Balaban J connectivity index is 1.59. The zero-order valence-corrected chi connectivity index (χ0v) is 13.6. The van der Waals surface area contributed by atoms with E-state index in [1.165, 1.54) is 12.1 Å². The van der Waals surface area contributed by atoms with Crippen LogP contribution in [0.2, 0.25) is 0 Å². The Morgan fingerprint density at radius 1 is 1.04 bits per heavy atom. The second-order valence-corrected chi connectivity index (χ2v) is 6.32. The van der Waals surface area contributed by atoms with Crippen LogP contribution in [-0.4, -0.2) is 12.5 Å². The zero-order valence-electron chi connectivity index (χ0n) is 13.6. The highest BCUT2D eigenvalue weighted by atomic mass is 19.1. The zero-order chi connectivity index (χ0) is 16.8. The van der Waals surface area contributed by atoms with Gasteiger partial charge in [0.2, 0.25) is 5.91 Å². The van der Waals surface area contributed by atoms with Gasteiger partial charge in [0, 0.05) is 0 Å². The maximum Gasteiger partial charge on any atom is 0.246 e. The molecule has 1 saturated carbocycles. The molecule has 0 saturated heterocycles. The van der Waals surface area contributed by atoms with Crippen molar-refractivity contribution < 1.29 is 13.9 Å². The Morgan fingerprint density at radius 2 is 1.71 bits per heavy atom. The molecule has 126 valence electrons. The van der Waals surface area contributed by atoms with Crippen LogP contribution in [0.15, 0.2) is 54.6 Å². The Bertz CT molecular complexity index is 664. The summed E-state index contributed by atoms with van der Waals surface area (Å²) < 4.78 is 18.7. The van der Waals surface area contributed by atoms with Crippen LogP contribution in [0.25, 0.3) is 0 Å². The maximum absolute atomic E-state index is 13.2. The van der Waals surface area contributed by atoms with Gasteiger partial charge < -0.3 is 10.1 Å². The van der Waals surface area contributed by atoms with E-state index in [-0.39, 0.29) is 23.9 Å². The number of carbonyl (C=O) groups excluding carboxylic acids is 1. The van der Waals surface area contributed by atoms with Crippen LogP contribution in [0.1, 0.15) is 36.8 Å². The molecule has 1 N–H and O–H groups in total. The van der Waals surface area contributed by atoms with Gasteiger partial charge in [-0.1, -0.05) is 55.3 Å². The molecule has 1 fully saturated rings. The lowest BCUT2D eigenvalue weighted by atomic mass is 9.88. The highest BCUT2D eigenvalue weighted by Gasteiger charge is 2.36. The van der Waals surface area contributed by atoms with E-state index in [1.54, 1.807) is 12.1 Å². The molecule has 3 nitrogen and oxygen atoms in total. The summed E-state index contributed by atoms with van der Waals surface area (Å²) >= 11 is 0. The molecule has 1 amide bonds. The quantitative estimate of drug-likeness (QED) is 0.873. The number of hydrogen-bond acceptors (Lipinski definition) is 2. The molecule has 3 rings (SSSR count). The molecule has 4 heteroatoms. The van der Waals surface area contributed by atoms with Crippen LogP contribution >= 0.6 is 0 Å². The van der Waals surface area contributed by atoms with Crippen molar-refractivity contribution in [1.29, 1.82) is 0 Å². The van der Waals surface area contributed by atoms with Crippen molar-refractivity contribution >= 4 is 5.91 Å². The lowest BCUT2D eigenvalue weighted by molar-refractivity contribution is -0.128. The van der Waals surface area contributed by atoms with E-state index in [2.05, 4.69) is 5.32 Å². The Hall–Kier alpha value is -2.20. The average molecular weight is 327 g/mol. The molecule has 0 aromatic heterocycles. The van der Waals surface area contributed by atoms with Gasteiger partial charge in [-0.3, -0.25) is 4.79 Å². The third-order valence-electron chi connectivity index (χ3n) is 4.58. The number of carbonyl (C=O) groups is 1. The van der Waals surface area contributed by atoms with Crippen molar-refractivity contribution in [1.82, 2.24) is 5.32 Å². The molecule has 0 bridgehead atoms. The molecule has 0 aliphatic heterocycles. The fraction of sp³-hybridized carbons (Fsp3) is 0.350. The van der Waals surface area contributed by atoms with Crippen LogP contribution in [-0.2, 0) is 21.7 Å². The molecule has 24 heavy (non-hydrogen) atoms. The fourth-order valence-electron chi connectivity index (χ4n) is 3.37. The largest absolute Gasteiger partial charge is 0.367 e. The predicted molar refractivity (Wildman–Crippen MR) is 90.8 cm³/mol. The number of ether oxygens (including phenoxy) is 1. The Labute approximate surface area is 141 Å². The minimum absolute atomic E-state index is 0.0256. The van der Waals surface area contributed by atoms with Crippen molar-refractivity contribution in [2.24, 2.45) is 0 Å². The second-order valence-electron chi connectivity index (χ2n) is 6.32. The summed E-state index contributed by atoms with van der Waals surface area (Å²) in [6.07, 6.45) is 3.87. The number of benzene rings is 2. The van der Waals surface area contributed by atoms with E-state index in [4.69, 9.17) is 4.74 Å². The lowest BCUT2D eigenvalue weighted by Crippen LogP contribution is -2.45. The van der Waals surface area contributed by atoms with Crippen molar-refractivity contribution in [3.8, 4) is 0 Å². The van der Waals surface area contributed by atoms with E-state index < -0.39 is 0 Å². The molecule has 1 aliphatic carbocycles. The van der Waals surface area contributed by atoms with Crippen molar-refractivity contribution in [2.45, 2.75) is 37.8 Å². The maximum atomic E-state index is 13.2. The Kier molecular flexibility index (Phi) is 5.26. The molecule has 2 aromatic carbocycles. The summed E-state index contributed by atoms with van der Waals surface area (Å²) in [7, 11) is 0. The normalized spacial score (nSPS) is 16.0. The van der Waals surface area contributed by atoms with Gasteiger partial charge in [0.05, 0.1) is 12.1 Å². The second kappa shape index (κ2) is 7.58. The minimum atomic E-state index is -0.388. The van der Waals surface area contributed by atoms with E-state index in [0.29, 0.717) is 6.61 Å². The summed E-state index contributed by atoms with van der Waals surface area (Å²) in [6.45, 7) is 0.440. The van der Waals surface area contributed by atoms with Gasteiger partial charge in [-0.05, 0) is 36.1 Å². The molecular weight excluding hydrogens is 305 g/mol. The first kappa shape index (κ1) is 16.7. The van der Waals surface area contributed by atoms with Crippen LogP contribution in [0.3, 0.4) is 0 Å². The highest BCUT2D eigenvalue weighted by Crippen LogP contribution is 2.38. The minimum Gasteiger partial charge on any atom is -0.367 e. The summed E-state index contributed by atoms with van der Waals surface area (Å²) in [4.78, 5) is 12.3. The summed E-state index contributed by atoms with van der Waals surface area (Å²) in [5, 5.41) is 3.13. The highest BCUT2D eigenvalue weighted by molar-refractivity contribution is 5.78. The molecule has 0 heterocycles. The van der Waals surface area contributed by atoms with Crippen LogP contribution in [0.5, 0.6) is 0 Å². The van der Waals surface area contributed by atoms with Gasteiger partial charge in [-0.25, -0.2) is 4.39 Å². The number of rotatable bonds is 6. The fourth-order valence-corrected chi connectivity index (χ4v) is 3.37. The monoisotopic (exact) mass is 327 g/mol. The SMILES string of the molecule is O=C(COCc1ccccc1)NC1(c2ccc(F)cc2)CCCC1. The number of nitrogens with one attached hydrogen (secondary N) is 1. The predicted octanol–water partition coefficient (Wildman–Crippen LogP) is 3.93. The van der Waals surface area contributed by atoms with E-state index >= 15 is 0 Å². The Morgan fingerprint density at radius 3 is 2.38 bits per heavy atom. The van der Waals surface area contributed by atoms with Gasteiger partial charge in [-0.2, -0.15) is 0 Å². The van der Waals surface area contributed by atoms with Gasteiger partial charge >= 0.3 is 0 Å². The molecule has 1 aliphatic rings. The van der Waals surface area contributed by atoms with Crippen LogP contribution in [0.4, 0.5) is 4.39 Å². The first-order chi connectivity index (χ1) is 11.7. The molecule has 0 atom stereocenters. The number of halogens is 1. The van der Waals surface area contributed by atoms with Crippen LogP contribution < -0.4 is 5.32 Å². The number of hydrogen-bond donors (Lipinski definition) is 1. The van der Waals surface area contributed by atoms with Gasteiger partial charge in [0.1, 0.15) is 12.4 Å². The molecule has 0 radical (unpaired) electrons. The van der Waals surface area contributed by atoms with Crippen molar-refractivity contribution in [3.63, 3.8) is 0 Å². The number of amides is 1. The van der Waals surface area contributed by atoms with Crippen molar-refractivity contribution in [3.05, 3.63) is 71.5 Å². The molecule has 2 aromatic rings. The topological polar surface area (TPSA) is 38.3 Å². The van der Waals surface area contributed by atoms with Gasteiger partial charge in [0.15, 0.2) is 0 Å². The van der Waals surface area contributed by atoms with Crippen LogP contribution in [0, 0.1) is 5.82 Å². The summed E-state index contributed by atoms with van der Waals surface area (Å²) in [6, 6.07) is 16.2.